The third kappa shape index (κ3) is 7.89. The molecular formula is C12H24N2O4. The van der Waals surface area contributed by atoms with E-state index in [1.165, 1.54) is 0 Å². The Morgan fingerprint density at radius 2 is 1.94 bits per heavy atom. The van der Waals surface area contributed by atoms with Crippen LogP contribution in [0.4, 0.5) is 4.79 Å². The quantitative estimate of drug-likeness (QED) is 0.584. The topological polar surface area (TPSA) is 87.7 Å². The molecule has 0 spiro atoms. The number of carboxylic acids is 1. The molecule has 0 fully saturated rings. The van der Waals surface area contributed by atoms with Gasteiger partial charge in [-0.25, -0.2) is 9.59 Å². The standard InChI is InChI=1S/C12H24N2O4/c1-4-5-6-10(11(15)16)14-12(17)13-9(2)7-8-18-3/h9-10H,4-8H2,1-3H3,(H,15,16)(H2,13,14,17). The van der Waals surface area contributed by atoms with Crippen molar-refractivity contribution in [3.05, 3.63) is 0 Å². The Kier molecular flexibility index (Phi) is 9.00. The second kappa shape index (κ2) is 9.70. The molecule has 6 nitrogen and oxygen atoms in total. The molecule has 2 amide bonds. The molecule has 0 saturated carbocycles. The second-order valence-corrected chi connectivity index (χ2v) is 4.33. The van der Waals surface area contributed by atoms with Crippen LogP contribution in [0.5, 0.6) is 0 Å². The summed E-state index contributed by atoms with van der Waals surface area (Å²) in [4.78, 5) is 22.5. The smallest absolute Gasteiger partial charge is 0.326 e. The van der Waals surface area contributed by atoms with Crippen molar-refractivity contribution in [3.8, 4) is 0 Å². The van der Waals surface area contributed by atoms with E-state index >= 15 is 0 Å². The number of nitrogens with one attached hydrogen (secondary N) is 2. The van der Waals surface area contributed by atoms with E-state index in [-0.39, 0.29) is 6.04 Å². The van der Waals surface area contributed by atoms with Gasteiger partial charge in [0.15, 0.2) is 0 Å². The number of urea groups is 1. The van der Waals surface area contributed by atoms with Gasteiger partial charge in [0.05, 0.1) is 0 Å². The number of rotatable bonds is 9. The first kappa shape index (κ1) is 16.7. The van der Waals surface area contributed by atoms with E-state index < -0.39 is 18.0 Å². The molecule has 18 heavy (non-hydrogen) atoms. The third-order valence-electron chi connectivity index (χ3n) is 2.58. The zero-order valence-corrected chi connectivity index (χ0v) is 11.4. The number of amides is 2. The highest BCUT2D eigenvalue weighted by atomic mass is 16.5. The first-order valence-corrected chi connectivity index (χ1v) is 6.30. The Morgan fingerprint density at radius 3 is 2.44 bits per heavy atom. The summed E-state index contributed by atoms with van der Waals surface area (Å²) in [6.45, 7) is 4.38. The number of hydrogen-bond acceptors (Lipinski definition) is 3. The van der Waals surface area contributed by atoms with Gasteiger partial charge in [-0.2, -0.15) is 0 Å². The van der Waals surface area contributed by atoms with Crippen molar-refractivity contribution in [3.63, 3.8) is 0 Å². The zero-order chi connectivity index (χ0) is 14.0. The number of carbonyl (C=O) groups is 2. The predicted molar refractivity (Wildman–Crippen MR) is 68.6 cm³/mol. The zero-order valence-electron chi connectivity index (χ0n) is 11.4. The van der Waals surface area contributed by atoms with E-state index in [0.717, 1.165) is 12.8 Å². The van der Waals surface area contributed by atoms with Gasteiger partial charge in [-0.3, -0.25) is 0 Å². The highest BCUT2D eigenvalue weighted by Crippen LogP contribution is 2.01. The first-order valence-electron chi connectivity index (χ1n) is 6.30. The lowest BCUT2D eigenvalue weighted by Gasteiger charge is -2.18. The van der Waals surface area contributed by atoms with E-state index in [4.69, 9.17) is 9.84 Å². The summed E-state index contributed by atoms with van der Waals surface area (Å²) in [6, 6.07) is -1.31. The Morgan fingerprint density at radius 1 is 1.28 bits per heavy atom. The van der Waals surface area contributed by atoms with E-state index in [2.05, 4.69) is 10.6 Å². The van der Waals surface area contributed by atoms with Gasteiger partial charge in [-0.15, -0.1) is 0 Å². The Hall–Kier alpha value is -1.30. The van der Waals surface area contributed by atoms with Gasteiger partial charge in [0, 0.05) is 19.8 Å². The van der Waals surface area contributed by atoms with Crippen molar-refractivity contribution < 1.29 is 19.4 Å². The van der Waals surface area contributed by atoms with E-state index in [1.54, 1.807) is 7.11 Å². The minimum Gasteiger partial charge on any atom is -0.480 e. The Labute approximate surface area is 108 Å². The minimum absolute atomic E-state index is 0.0504. The number of unbranched alkanes of at least 4 members (excludes halogenated alkanes) is 1. The van der Waals surface area contributed by atoms with Crippen molar-refractivity contribution in [2.24, 2.45) is 0 Å². The van der Waals surface area contributed by atoms with Crippen LogP contribution in [0.25, 0.3) is 0 Å². The largest absolute Gasteiger partial charge is 0.480 e. The maximum Gasteiger partial charge on any atom is 0.326 e. The highest BCUT2D eigenvalue weighted by molar-refractivity contribution is 5.82. The minimum atomic E-state index is -0.997. The Bertz CT molecular complexity index is 258. The fraction of sp³-hybridized carbons (Fsp3) is 0.833. The summed E-state index contributed by atoms with van der Waals surface area (Å²) < 4.78 is 4.90. The monoisotopic (exact) mass is 260 g/mol. The van der Waals surface area contributed by atoms with Gasteiger partial charge in [-0.1, -0.05) is 19.8 Å². The van der Waals surface area contributed by atoms with Gasteiger partial charge in [0.1, 0.15) is 6.04 Å². The summed E-state index contributed by atoms with van der Waals surface area (Å²) in [5.41, 5.74) is 0. The van der Waals surface area contributed by atoms with Gasteiger partial charge >= 0.3 is 12.0 Å². The normalized spacial score (nSPS) is 13.7. The molecule has 0 aliphatic carbocycles. The highest BCUT2D eigenvalue weighted by Gasteiger charge is 2.19. The van der Waals surface area contributed by atoms with Crippen molar-refractivity contribution in [2.75, 3.05) is 13.7 Å². The molecule has 0 aliphatic heterocycles. The maximum atomic E-state index is 11.6. The molecule has 0 bridgehead atoms. The molecule has 0 heterocycles. The number of methoxy groups -OCH3 is 1. The molecule has 0 aliphatic rings. The summed E-state index contributed by atoms with van der Waals surface area (Å²) in [5, 5.41) is 14.1. The van der Waals surface area contributed by atoms with Gasteiger partial charge in [0.2, 0.25) is 0 Å². The summed E-state index contributed by atoms with van der Waals surface area (Å²) in [6.07, 6.45) is 2.82. The van der Waals surface area contributed by atoms with Gasteiger partial charge < -0.3 is 20.5 Å². The van der Waals surface area contributed by atoms with Crippen molar-refractivity contribution in [2.45, 2.75) is 51.6 Å². The summed E-state index contributed by atoms with van der Waals surface area (Å²) in [7, 11) is 1.60. The fourth-order valence-electron chi connectivity index (χ4n) is 1.46. The number of carboxylic acid groups (broad SMARTS) is 1. The number of aliphatic carboxylic acids is 1. The average Bonchev–Trinajstić information content (AvgIpc) is 2.31. The molecule has 3 N–H and O–H groups in total. The van der Waals surface area contributed by atoms with Crippen molar-refractivity contribution >= 4 is 12.0 Å². The lowest BCUT2D eigenvalue weighted by molar-refractivity contribution is -0.139. The van der Waals surface area contributed by atoms with Crippen LogP contribution in [0, 0.1) is 0 Å². The van der Waals surface area contributed by atoms with Crippen LogP contribution >= 0.6 is 0 Å². The van der Waals surface area contributed by atoms with E-state index in [1.807, 2.05) is 13.8 Å². The summed E-state index contributed by atoms with van der Waals surface area (Å²) >= 11 is 0. The maximum absolute atomic E-state index is 11.6. The van der Waals surface area contributed by atoms with Crippen LogP contribution < -0.4 is 10.6 Å². The second-order valence-electron chi connectivity index (χ2n) is 4.33. The number of carbonyl (C=O) groups excluding carboxylic acids is 1. The number of ether oxygens (including phenoxy) is 1. The molecule has 0 saturated heterocycles. The first-order chi connectivity index (χ1) is 8.51. The molecule has 0 radical (unpaired) electrons. The van der Waals surface area contributed by atoms with Gasteiger partial charge in [0.25, 0.3) is 0 Å². The van der Waals surface area contributed by atoms with Crippen LogP contribution in [0.2, 0.25) is 0 Å². The van der Waals surface area contributed by atoms with Crippen LogP contribution in [-0.2, 0) is 9.53 Å². The molecule has 0 aromatic heterocycles. The van der Waals surface area contributed by atoms with Crippen LogP contribution in [-0.4, -0.2) is 42.9 Å². The van der Waals surface area contributed by atoms with E-state index in [0.29, 0.717) is 19.4 Å². The van der Waals surface area contributed by atoms with Crippen LogP contribution in [0.15, 0.2) is 0 Å². The van der Waals surface area contributed by atoms with Crippen molar-refractivity contribution in [1.82, 2.24) is 10.6 Å². The molecule has 0 aromatic carbocycles. The van der Waals surface area contributed by atoms with Crippen LogP contribution in [0.3, 0.4) is 0 Å². The SMILES string of the molecule is CCCCC(NC(=O)NC(C)CCOC)C(=O)O. The predicted octanol–water partition coefficient (Wildman–Crippen LogP) is 1.35. The molecule has 2 atom stereocenters. The lowest BCUT2D eigenvalue weighted by atomic mass is 10.1. The van der Waals surface area contributed by atoms with E-state index in [9.17, 15) is 9.59 Å². The molecule has 0 rings (SSSR count). The number of hydrogen-bond donors (Lipinski definition) is 3. The lowest BCUT2D eigenvalue weighted by Crippen LogP contribution is -2.48. The summed E-state index contributed by atoms with van der Waals surface area (Å²) in [5.74, 6) is -0.997. The molecule has 6 heteroatoms. The Balaban J connectivity index is 4.04. The third-order valence-corrected chi connectivity index (χ3v) is 2.58. The molecule has 0 aromatic rings. The molecular weight excluding hydrogens is 236 g/mol. The van der Waals surface area contributed by atoms with Crippen molar-refractivity contribution in [1.29, 1.82) is 0 Å². The molecule has 106 valence electrons. The average molecular weight is 260 g/mol. The fourth-order valence-corrected chi connectivity index (χ4v) is 1.46. The van der Waals surface area contributed by atoms with Crippen LogP contribution in [0.1, 0.15) is 39.5 Å². The van der Waals surface area contributed by atoms with Gasteiger partial charge in [-0.05, 0) is 19.8 Å². The molecule has 2 unspecified atom stereocenters.